The number of ether oxygens (including phenoxy) is 1. The molecule has 1 aromatic heterocycles. The molecule has 1 aliphatic rings. The van der Waals surface area contributed by atoms with E-state index in [1.54, 1.807) is 14.0 Å². The fourth-order valence-electron chi connectivity index (χ4n) is 3.47. The van der Waals surface area contributed by atoms with Crippen LogP contribution in [-0.2, 0) is 20.9 Å². The second-order valence-electron chi connectivity index (χ2n) is 6.93. The van der Waals surface area contributed by atoms with Crippen LogP contribution in [0.4, 0.5) is 0 Å². The lowest BCUT2D eigenvalue weighted by Crippen LogP contribution is -2.51. The highest BCUT2D eigenvalue weighted by atomic mass is 16.5. The molecule has 7 heteroatoms. The molecule has 2 heterocycles. The van der Waals surface area contributed by atoms with Crippen LogP contribution in [0.2, 0.25) is 0 Å². The minimum Gasteiger partial charge on any atom is -0.376 e. The van der Waals surface area contributed by atoms with Crippen LogP contribution in [0.1, 0.15) is 44.0 Å². The molecule has 2 amide bonds. The zero-order chi connectivity index (χ0) is 18.4. The van der Waals surface area contributed by atoms with E-state index < -0.39 is 5.60 Å². The number of carbonyl (C=O) groups is 2. The Morgan fingerprint density at radius 2 is 2.16 bits per heavy atom. The van der Waals surface area contributed by atoms with E-state index >= 15 is 0 Å². The van der Waals surface area contributed by atoms with Gasteiger partial charge in [-0.2, -0.15) is 5.10 Å². The van der Waals surface area contributed by atoms with Gasteiger partial charge >= 0.3 is 0 Å². The van der Waals surface area contributed by atoms with Crippen molar-refractivity contribution in [2.75, 3.05) is 26.7 Å². The second-order valence-corrected chi connectivity index (χ2v) is 6.93. The molecular formula is C18H30N4O3. The van der Waals surface area contributed by atoms with Gasteiger partial charge in [0.05, 0.1) is 17.8 Å². The van der Waals surface area contributed by atoms with E-state index in [-0.39, 0.29) is 11.8 Å². The van der Waals surface area contributed by atoms with Crippen molar-refractivity contribution in [3.05, 3.63) is 17.5 Å². The molecule has 140 valence electrons. The molecule has 0 aliphatic carbocycles. The monoisotopic (exact) mass is 350 g/mol. The fraction of sp³-hybridized carbons (Fsp3) is 0.722. The second kappa shape index (κ2) is 8.47. The van der Waals surface area contributed by atoms with Crippen LogP contribution in [0.5, 0.6) is 0 Å². The molecule has 1 saturated heterocycles. The third-order valence-electron chi connectivity index (χ3n) is 4.97. The number of rotatable bonds is 7. The topological polar surface area (TPSA) is 76.5 Å². The van der Waals surface area contributed by atoms with E-state index in [4.69, 9.17) is 4.74 Å². The maximum absolute atomic E-state index is 12.2. The molecule has 0 unspecified atom stereocenters. The van der Waals surface area contributed by atoms with Gasteiger partial charge in [-0.15, -0.1) is 0 Å². The normalized spacial score (nSPS) is 20.6. The zero-order valence-electron chi connectivity index (χ0n) is 15.8. The summed E-state index contributed by atoms with van der Waals surface area (Å²) in [4.78, 5) is 25.6. The van der Waals surface area contributed by atoms with Crippen molar-refractivity contribution in [1.82, 2.24) is 20.0 Å². The lowest BCUT2D eigenvalue weighted by Gasteiger charge is -2.41. The summed E-state index contributed by atoms with van der Waals surface area (Å²) in [7, 11) is 1.67. The Labute approximate surface area is 149 Å². The molecule has 1 aromatic rings. The Balaban J connectivity index is 1.77. The van der Waals surface area contributed by atoms with Gasteiger partial charge in [-0.05, 0) is 39.2 Å². The highest BCUT2D eigenvalue weighted by molar-refractivity contribution is 5.76. The van der Waals surface area contributed by atoms with Crippen molar-refractivity contribution in [3.63, 3.8) is 0 Å². The number of hydrogen-bond donors (Lipinski definition) is 1. The maximum Gasteiger partial charge on any atom is 0.220 e. The first-order chi connectivity index (χ1) is 11.8. The average Bonchev–Trinajstić information content (AvgIpc) is 2.90. The summed E-state index contributed by atoms with van der Waals surface area (Å²) in [5.41, 5.74) is 1.67. The quantitative estimate of drug-likeness (QED) is 0.807. The first-order valence-electron chi connectivity index (χ1n) is 8.94. The summed E-state index contributed by atoms with van der Waals surface area (Å²) in [5, 5.41) is 7.33. The number of methoxy groups -OCH3 is 1. The predicted molar refractivity (Wildman–Crippen MR) is 95.2 cm³/mol. The summed E-state index contributed by atoms with van der Waals surface area (Å²) >= 11 is 0. The van der Waals surface area contributed by atoms with Crippen LogP contribution in [-0.4, -0.2) is 58.8 Å². The van der Waals surface area contributed by atoms with E-state index in [1.807, 2.05) is 29.5 Å². The number of carbonyl (C=O) groups excluding carboxylic acids is 2. The van der Waals surface area contributed by atoms with Crippen molar-refractivity contribution in [2.45, 2.75) is 58.6 Å². The molecule has 2 rings (SSSR count). The van der Waals surface area contributed by atoms with E-state index in [9.17, 15) is 9.59 Å². The number of nitrogens with one attached hydrogen (secondary N) is 1. The fourth-order valence-corrected chi connectivity index (χ4v) is 3.47. The molecule has 25 heavy (non-hydrogen) atoms. The Morgan fingerprint density at radius 3 is 2.76 bits per heavy atom. The average molecular weight is 350 g/mol. The number of nitrogens with zero attached hydrogens (tertiary/aromatic N) is 3. The maximum atomic E-state index is 12.2. The lowest BCUT2D eigenvalue weighted by molar-refractivity contribution is -0.139. The predicted octanol–water partition coefficient (Wildman–Crippen LogP) is 1.42. The third-order valence-corrected chi connectivity index (χ3v) is 4.97. The molecule has 1 N–H and O–H groups in total. The molecule has 0 saturated carbocycles. The summed E-state index contributed by atoms with van der Waals surface area (Å²) < 4.78 is 7.61. The summed E-state index contributed by atoms with van der Waals surface area (Å²) in [6.45, 7) is 8.11. The van der Waals surface area contributed by atoms with Gasteiger partial charge < -0.3 is 15.0 Å². The van der Waals surface area contributed by atoms with Crippen molar-refractivity contribution in [3.8, 4) is 0 Å². The van der Waals surface area contributed by atoms with Crippen LogP contribution < -0.4 is 5.32 Å². The van der Waals surface area contributed by atoms with Crippen LogP contribution in [0, 0.1) is 13.8 Å². The number of likely N-dealkylation sites (tertiary alicyclic amines) is 1. The van der Waals surface area contributed by atoms with E-state index in [0.29, 0.717) is 32.5 Å². The number of piperidine rings is 1. The molecule has 0 spiro atoms. The van der Waals surface area contributed by atoms with Gasteiger partial charge in [-0.25, -0.2) is 0 Å². The van der Waals surface area contributed by atoms with Gasteiger partial charge in [-0.3, -0.25) is 14.3 Å². The molecule has 7 nitrogen and oxygen atoms in total. The minimum absolute atomic E-state index is 0.0119. The van der Waals surface area contributed by atoms with Crippen LogP contribution in [0.3, 0.4) is 0 Å². The van der Waals surface area contributed by atoms with Crippen molar-refractivity contribution in [1.29, 1.82) is 0 Å². The standard InChI is InChI=1S/C18H30N4O3/c1-14-12-15(2)22(20-14)11-9-19-17(24)6-8-18(25-4)7-5-10-21(13-18)16(3)23/h12H,5-11,13H2,1-4H3,(H,19,24)/t18-/m1/s1. The Hall–Kier alpha value is -1.89. The lowest BCUT2D eigenvalue weighted by atomic mass is 9.87. The molecule has 1 atom stereocenters. The number of amides is 2. The molecule has 1 aliphatic heterocycles. The van der Waals surface area contributed by atoms with Gasteiger partial charge in [0.2, 0.25) is 11.8 Å². The Morgan fingerprint density at radius 1 is 1.40 bits per heavy atom. The number of hydrogen-bond acceptors (Lipinski definition) is 4. The van der Waals surface area contributed by atoms with Gasteiger partial charge in [-0.1, -0.05) is 0 Å². The van der Waals surface area contributed by atoms with E-state index in [1.165, 1.54) is 0 Å². The van der Waals surface area contributed by atoms with Gasteiger partial charge in [0.15, 0.2) is 0 Å². The van der Waals surface area contributed by atoms with Crippen LogP contribution in [0.25, 0.3) is 0 Å². The first kappa shape index (κ1) is 19.4. The van der Waals surface area contributed by atoms with Gasteiger partial charge in [0.1, 0.15) is 0 Å². The summed E-state index contributed by atoms with van der Waals surface area (Å²) in [6, 6.07) is 2.02. The zero-order valence-corrected chi connectivity index (χ0v) is 15.8. The van der Waals surface area contributed by atoms with Crippen molar-refractivity contribution < 1.29 is 14.3 Å². The minimum atomic E-state index is -0.406. The third kappa shape index (κ3) is 5.29. The summed E-state index contributed by atoms with van der Waals surface area (Å²) in [5.74, 6) is 0.0772. The molecule has 0 bridgehead atoms. The Kier molecular flexibility index (Phi) is 6.58. The first-order valence-corrected chi connectivity index (χ1v) is 8.94. The van der Waals surface area contributed by atoms with Crippen molar-refractivity contribution in [2.24, 2.45) is 0 Å². The molecular weight excluding hydrogens is 320 g/mol. The van der Waals surface area contributed by atoms with Crippen molar-refractivity contribution >= 4 is 11.8 Å². The SMILES string of the molecule is CO[C@@]1(CCC(=O)NCCn2nc(C)cc2C)CCCN(C(C)=O)C1. The summed E-state index contributed by atoms with van der Waals surface area (Å²) in [6.07, 6.45) is 2.81. The molecule has 1 fully saturated rings. The van der Waals surface area contributed by atoms with E-state index in [0.717, 1.165) is 30.8 Å². The van der Waals surface area contributed by atoms with Crippen LogP contribution >= 0.6 is 0 Å². The molecule has 0 aromatic carbocycles. The highest BCUT2D eigenvalue weighted by Crippen LogP contribution is 2.29. The van der Waals surface area contributed by atoms with E-state index in [2.05, 4.69) is 10.4 Å². The van der Waals surface area contributed by atoms with Crippen LogP contribution in [0.15, 0.2) is 6.07 Å². The smallest absolute Gasteiger partial charge is 0.220 e. The Bertz CT molecular complexity index is 613. The number of aromatic nitrogens is 2. The van der Waals surface area contributed by atoms with Gasteiger partial charge in [0.25, 0.3) is 0 Å². The highest BCUT2D eigenvalue weighted by Gasteiger charge is 2.36. The van der Waals surface area contributed by atoms with Gasteiger partial charge in [0, 0.05) is 45.8 Å². The number of aryl methyl sites for hydroxylation is 2. The molecule has 0 radical (unpaired) electrons. The largest absolute Gasteiger partial charge is 0.376 e.